The van der Waals surface area contributed by atoms with E-state index in [1.165, 1.54) is 74.6 Å². The minimum Gasteiger partial charge on any atom is -0.480 e. The molecule has 50 heteroatoms. The second-order valence-electron chi connectivity index (χ2n) is 34.3. The van der Waals surface area contributed by atoms with Crippen LogP contribution in [0, 0.1) is 11.6 Å². The minimum absolute atomic E-state index is 0. The number of primary amides is 4. The van der Waals surface area contributed by atoms with Crippen molar-refractivity contribution in [3.05, 3.63) is 282 Å². The molecular weight excluding hydrogens is 2070 g/mol. The number of benzene rings is 8. The highest BCUT2D eigenvalue weighted by molar-refractivity contribution is 9.10. The fourth-order valence-corrected chi connectivity index (χ4v) is 16.1. The van der Waals surface area contributed by atoms with Crippen LogP contribution < -0.4 is 44.3 Å². The summed E-state index contributed by atoms with van der Waals surface area (Å²) in [6, 6.07) is 41.9. The van der Waals surface area contributed by atoms with Crippen LogP contribution in [0.4, 0.5) is 33.3 Å². The first-order chi connectivity index (χ1) is 71.0. The van der Waals surface area contributed by atoms with Gasteiger partial charge in [0.05, 0.1) is 53.2 Å². The van der Waals surface area contributed by atoms with E-state index in [0.29, 0.717) is 94.1 Å². The number of hydrogen-bond donors (Lipinski definition) is 10. The predicted molar refractivity (Wildman–Crippen MR) is 550 cm³/mol. The van der Waals surface area contributed by atoms with Gasteiger partial charge in [0.15, 0.2) is 34.4 Å². The Bertz CT molecular complexity index is 7560. The number of hydrogen-bond acceptors (Lipinski definition) is 27. The van der Waals surface area contributed by atoms with E-state index in [1.54, 1.807) is 212 Å². The highest BCUT2D eigenvalue weighted by Gasteiger charge is 2.41. The number of carboxylic acids is 1. The standard InChI is InChI=1S/C31H24ClF2N7O3.C18H19N5O3.C17H15ClF2N2O.C14H16BrN3O3.C14H11N5O3.C4H5BN2O2.CH3F.ClH.H2O/c32-23-6-2-1-4-20(23)21-5-3-7-24(28(21)34)38-31(44)26-11-19(33)14-40(26)27(42)15-41-25-9-8-17(18-12-36-16-37-13-18)10-22(25)29(39-41)30(35)43;1-18(2,3)26-15(24)9-23-14-5-4-11(12-7-20-10-21-8-12)6-13(14)16(22-23)17(19)25;18-13-6-2-1-4-11(13)12-5-3-7-14(16(12)20)22-17(23)15-8-10(19)9-21-15;1-14(2,3)21-11(19)7-18-10-5-4-8(15)6-9(10)12(17-18)13(16)20;15-14(22)13-10-3-8(9-4-16-7-17-5-9)1-2-11(10)19(18-13)6-12(20)21;8-5(9)4-1-6-3-7-2-4;1-2;;/h1-10,12-13,16,19,26H,11,14-15H2,(H2,35,43)(H,38,44);4-8,10H,9H2,1-3H3,(H2,19,25);1-7,10,15,21H,8-9H2,(H,22,23);4-6H,7H2,1-3H3,(H2,16,20);1-5,7H,6H2,(H2,15,22)(H,20,21);1-3,8-9H;1H3;1H;1H2/t19-,26+;;10-,15+;;;;;;/m1.1....../s1/i/hD. The molecule has 149 heavy (non-hydrogen) atoms. The van der Waals surface area contributed by atoms with Crippen molar-refractivity contribution < 1.29 is 101 Å². The van der Waals surface area contributed by atoms with Crippen LogP contribution in [0.3, 0.4) is 0 Å². The molecule has 16 aromatic rings. The van der Waals surface area contributed by atoms with Crippen molar-refractivity contribution in [2.75, 3.05) is 30.9 Å². The lowest BCUT2D eigenvalue weighted by atomic mass is 9.83. The fourth-order valence-electron chi connectivity index (χ4n) is 15.2. The maximum absolute atomic E-state index is 15.5. The average molecular weight is 2170 g/mol. The first-order valence-corrected chi connectivity index (χ1v) is 45.9. The number of likely N-dealkylation sites (tertiary alicyclic amines) is 1. The summed E-state index contributed by atoms with van der Waals surface area (Å²) in [5.41, 5.74) is 35.5. The van der Waals surface area contributed by atoms with Gasteiger partial charge in [-0.05, 0) is 137 Å². The Balaban J connectivity index is 0.000000191. The van der Waals surface area contributed by atoms with Crippen LogP contribution in [0.5, 0.6) is 0 Å². The lowest BCUT2D eigenvalue weighted by Crippen LogP contribution is -2.44. The van der Waals surface area contributed by atoms with Crippen LogP contribution in [0.1, 0.15) is 97.8 Å². The summed E-state index contributed by atoms with van der Waals surface area (Å²) >= 11 is 15.7. The molecule has 2 saturated heterocycles. The fraction of sp³-hybridized carbons (Fsp3) is 0.212. The smallest absolute Gasteiger partial charge is 0.480 e. The number of nitrogens with two attached hydrogens (primary N) is 4. The summed E-state index contributed by atoms with van der Waals surface area (Å²) in [7, 11) is -0.966. The molecule has 0 aliphatic carbocycles. The van der Waals surface area contributed by atoms with E-state index in [-0.39, 0.29) is 97.7 Å². The number of ether oxygens (including phenoxy) is 2. The third-order valence-electron chi connectivity index (χ3n) is 21.5. The molecule has 0 radical (unpaired) electrons. The van der Waals surface area contributed by atoms with E-state index in [1.807, 2.05) is 6.07 Å². The molecule has 0 bridgehead atoms. The molecule has 18 rings (SSSR count). The van der Waals surface area contributed by atoms with E-state index in [2.05, 4.69) is 92.1 Å². The molecule has 2 fully saturated rings. The monoisotopic (exact) mass is 2170 g/mol. The number of nitrogens with one attached hydrogen (secondary N) is 3. The number of carboxylic acid groups (broad SMARTS) is 1. The number of amides is 7. The Hall–Kier alpha value is -16.4. The van der Waals surface area contributed by atoms with E-state index in [9.17, 15) is 65.5 Å². The van der Waals surface area contributed by atoms with Gasteiger partial charge in [0.25, 0.3) is 23.6 Å². The van der Waals surface area contributed by atoms with Crippen molar-refractivity contribution in [3.63, 3.8) is 0 Å². The van der Waals surface area contributed by atoms with Crippen molar-refractivity contribution in [1.29, 1.82) is 0 Å². The third kappa shape index (κ3) is 29.7. The Kier molecular flexibility index (Phi) is 39.1. The second-order valence-corrected chi connectivity index (χ2v) is 36.0. The quantitative estimate of drug-likeness (QED) is 0.0171. The molecule has 7 amide bonds. The third-order valence-corrected chi connectivity index (χ3v) is 22.7. The zero-order valence-electron chi connectivity index (χ0n) is 81.0. The predicted octanol–water partition coefficient (Wildman–Crippen LogP) is 11.6. The Morgan fingerprint density at radius 1 is 0.470 bits per heavy atom. The van der Waals surface area contributed by atoms with Crippen molar-refractivity contribution >= 4 is 178 Å². The number of nitrogens with zero attached hydrogens (tertiary/aromatic N) is 17. The number of alkyl halides is 3. The molecule has 0 unspecified atom stereocenters. The lowest BCUT2D eigenvalue weighted by molar-refractivity contribution is -0.156. The molecule has 4 atom stereocenters. The van der Waals surface area contributed by atoms with Crippen molar-refractivity contribution in [2.24, 2.45) is 22.9 Å². The zero-order chi connectivity index (χ0) is 108. The van der Waals surface area contributed by atoms with Crippen LogP contribution in [-0.4, -0.2) is 227 Å². The molecule has 8 aromatic carbocycles. The number of esters is 2. The zero-order valence-corrected chi connectivity index (χ0v) is 83.9. The Labute approximate surface area is 871 Å². The van der Waals surface area contributed by atoms with Gasteiger partial charge in [-0.2, -0.15) is 20.4 Å². The molecule has 2 aliphatic rings. The van der Waals surface area contributed by atoms with Crippen LogP contribution in [0.2, 0.25) is 10.0 Å². The maximum atomic E-state index is 15.5. The van der Waals surface area contributed by atoms with Crippen molar-refractivity contribution in [3.8, 4) is 55.6 Å². The lowest BCUT2D eigenvalue weighted by Gasteiger charge is -2.24. The normalized spacial score (nSPS) is 13.8. The van der Waals surface area contributed by atoms with Crippen LogP contribution >= 0.6 is 51.5 Å². The molecule has 16 N–H and O–H groups in total. The number of aliphatic carboxylic acids is 1. The summed E-state index contributed by atoms with van der Waals surface area (Å²) in [4.78, 5) is 153. The van der Waals surface area contributed by atoms with E-state index < -0.39 is 120 Å². The van der Waals surface area contributed by atoms with Crippen LogP contribution in [0.15, 0.2) is 237 Å². The molecule has 10 heterocycles. The molecule has 40 nitrogen and oxygen atoms in total. The van der Waals surface area contributed by atoms with Gasteiger partial charge in [0, 0.05) is 149 Å². The summed E-state index contributed by atoms with van der Waals surface area (Å²) < 4.78 is 89.0. The second kappa shape index (κ2) is 51.6. The van der Waals surface area contributed by atoms with Gasteiger partial charge in [-0.3, -0.25) is 71.1 Å². The van der Waals surface area contributed by atoms with E-state index in [4.69, 9.17) is 77.7 Å². The van der Waals surface area contributed by atoms with Crippen molar-refractivity contribution in [2.45, 2.75) is 116 Å². The first kappa shape index (κ1) is 113. The number of carbonyl (C=O) groups excluding carboxylic acids is 9. The molecule has 2 aliphatic heterocycles. The Morgan fingerprint density at radius 2 is 0.812 bits per heavy atom. The van der Waals surface area contributed by atoms with Crippen LogP contribution in [-0.2, 0) is 64.4 Å². The molecule has 0 spiro atoms. The summed E-state index contributed by atoms with van der Waals surface area (Å²) in [5, 5.41) is 53.1. The van der Waals surface area contributed by atoms with Gasteiger partial charge >= 0.3 is 25.0 Å². The van der Waals surface area contributed by atoms with Gasteiger partial charge in [-0.25, -0.2) is 57.4 Å². The van der Waals surface area contributed by atoms with Gasteiger partial charge in [0.2, 0.25) is 19.2 Å². The SMILES string of the molecule is CC(C)(C)OC(=O)Cn1nc(C(N)=O)c2cc(-c3cncnc3)ccc21.CC(C)(C)OC(=O)Cn1nc(C(N)=O)c2cc(Br)ccc21.CF.Cl.NC(=O)c1nn(CC(=O)N2C[C@H](F)C[C@H]2C(=O)Nc2cccc(-c3ccccc3Cl)c2F)c2ccc(-c3cncnc3)cc12.NC(=O)c1nn(CC(=O)O)c2ccc(-c3cncnc3)cc12.O=C(Nc1cccc(-c2ccccc2Cl)c1F)[C@@H]1C[C@@H](F)CN1.OB(O)c1cncnc1.[2H]O. The van der Waals surface area contributed by atoms with Gasteiger partial charge in [-0.15, -0.1) is 12.4 Å². The number of carbonyl (C=O) groups is 10. The van der Waals surface area contributed by atoms with Gasteiger partial charge < -0.3 is 73.9 Å². The summed E-state index contributed by atoms with van der Waals surface area (Å²) in [5.74, 6) is -7.83. The number of anilines is 2. The number of halogens is 9. The maximum Gasteiger partial charge on any atom is 0.491 e. The Morgan fingerprint density at radius 3 is 1.15 bits per heavy atom. The first-order valence-electron chi connectivity index (χ1n) is 44.8. The van der Waals surface area contributed by atoms with Gasteiger partial charge in [-0.1, -0.05) is 118 Å². The van der Waals surface area contributed by atoms with Gasteiger partial charge in [0.1, 0.15) is 81.1 Å². The highest BCUT2D eigenvalue weighted by Crippen LogP contribution is 2.38. The molecule has 774 valence electrons. The van der Waals surface area contributed by atoms with Crippen molar-refractivity contribution in [1.82, 2.24) is 89.2 Å². The minimum atomic E-state index is -1.47. The largest absolute Gasteiger partial charge is 0.491 e. The molecule has 8 aromatic heterocycles. The highest BCUT2D eigenvalue weighted by atomic mass is 79.9. The summed E-state index contributed by atoms with van der Waals surface area (Å²) in [6.45, 7) is 9.59. The number of aromatic nitrogens is 16. The van der Waals surface area contributed by atoms with Crippen LogP contribution in [0.25, 0.3) is 99.2 Å². The van der Waals surface area contributed by atoms with E-state index in [0.717, 1.165) is 31.6 Å². The average Bonchev–Trinajstić information content (AvgIpc) is 1.20. The number of fused-ring (bicyclic) bond motifs is 4. The topological polar surface area (TPSA) is 599 Å². The molecule has 0 saturated carbocycles. The van der Waals surface area contributed by atoms with E-state index >= 15 is 4.39 Å². The number of rotatable bonds is 22. The summed E-state index contributed by atoms with van der Waals surface area (Å²) in [6.07, 6.45) is 15.4. The molecular formula is C99H96BBrCl3F5N24O16.